The molecule has 13 nitrogen and oxygen atoms in total. The molecule has 0 radical (unpaired) electrons. The van der Waals surface area contributed by atoms with Crippen molar-refractivity contribution in [3.05, 3.63) is 81.9 Å². The second kappa shape index (κ2) is 14.6. The number of aromatic nitrogens is 4. The first-order valence-electron chi connectivity index (χ1n) is 20.0. The molecule has 2 aromatic carbocycles. The van der Waals surface area contributed by atoms with Crippen molar-refractivity contribution in [1.82, 2.24) is 28.9 Å². The molecule has 4 aliphatic rings. The molecule has 2 aromatic heterocycles. The predicted molar refractivity (Wildman–Crippen MR) is 214 cm³/mol. The molecule has 4 N–H and O–H groups in total. The zero-order valence-electron chi connectivity index (χ0n) is 33.2. The maximum atomic E-state index is 13.8. The van der Waals surface area contributed by atoms with Crippen molar-refractivity contribution in [3.8, 4) is 11.1 Å². The van der Waals surface area contributed by atoms with E-state index in [9.17, 15) is 24.6 Å². The van der Waals surface area contributed by atoms with Crippen LogP contribution in [-0.2, 0) is 44.8 Å². The van der Waals surface area contributed by atoms with Crippen LogP contribution >= 0.6 is 0 Å². The van der Waals surface area contributed by atoms with Crippen LogP contribution < -0.4 is 10.6 Å². The number of nitrogens with zero attached hydrogens (tertiary/aromatic N) is 6. The van der Waals surface area contributed by atoms with Gasteiger partial charge in [0.05, 0.1) is 22.9 Å². The summed E-state index contributed by atoms with van der Waals surface area (Å²) in [7, 11) is 3.80. The first kappa shape index (κ1) is 38.0. The van der Waals surface area contributed by atoms with Crippen LogP contribution in [0.3, 0.4) is 0 Å². The van der Waals surface area contributed by atoms with E-state index in [2.05, 4.69) is 20.4 Å². The van der Waals surface area contributed by atoms with Gasteiger partial charge in [-0.2, -0.15) is 0 Å². The molecule has 56 heavy (non-hydrogen) atoms. The molecule has 1 atom stereocenters. The number of carbonyl (C=O) groups excluding carboxylic acids is 2. The molecule has 2 aliphatic carbocycles. The molecule has 0 saturated heterocycles. The molecule has 0 unspecified atom stereocenters. The quantitative estimate of drug-likeness (QED) is 0.156. The van der Waals surface area contributed by atoms with Gasteiger partial charge in [0.25, 0.3) is 11.8 Å². The lowest BCUT2D eigenvalue weighted by Crippen LogP contribution is -2.36. The van der Waals surface area contributed by atoms with Gasteiger partial charge in [-0.1, -0.05) is 24.3 Å². The average Bonchev–Trinajstić information content (AvgIpc) is 3.92. The minimum atomic E-state index is -0.617. The summed E-state index contributed by atoms with van der Waals surface area (Å²) in [6.07, 6.45) is 6.59. The molecule has 2 saturated carbocycles. The molecule has 0 spiro atoms. The number of anilines is 2. The van der Waals surface area contributed by atoms with Gasteiger partial charge in [-0.3, -0.25) is 24.2 Å². The van der Waals surface area contributed by atoms with Crippen molar-refractivity contribution in [3.63, 3.8) is 0 Å². The van der Waals surface area contributed by atoms with E-state index in [1.165, 1.54) is 0 Å². The van der Waals surface area contributed by atoms with Crippen molar-refractivity contribution in [2.75, 3.05) is 36.8 Å². The van der Waals surface area contributed by atoms with E-state index in [0.717, 1.165) is 116 Å². The van der Waals surface area contributed by atoms with Gasteiger partial charge in [0.15, 0.2) is 11.6 Å². The Morgan fingerprint density at radius 1 is 0.786 bits per heavy atom. The minimum Gasteiger partial charge on any atom is -0.481 e. The van der Waals surface area contributed by atoms with Crippen molar-refractivity contribution < 1.29 is 24.6 Å². The van der Waals surface area contributed by atoms with Crippen LogP contribution in [0.25, 0.3) is 11.1 Å². The number of aliphatic hydroxyl groups is 1. The molecule has 8 rings (SSSR count). The molecule has 2 fully saturated rings. The number of carboxylic acids is 1. The smallest absolute Gasteiger partial charge is 0.309 e. The number of carboxylic acid groups (broad SMARTS) is 1. The lowest BCUT2D eigenvalue weighted by atomic mass is 9.80. The Morgan fingerprint density at radius 2 is 1.29 bits per heavy atom. The highest BCUT2D eigenvalue weighted by molar-refractivity contribution is 6.04. The Balaban J connectivity index is 0.938. The molecule has 296 valence electrons. The maximum absolute atomic E-state index is 13.8. The van der Waals surface area contributed by atoms with Gasteiger partial charge in [0.2, 0.25) is 0 Å². The summed E-state index contributed by atoms with van der Waals surface area (Å²) in [6.45, 7) is 10.2. The van der Waals surface area contributed by atoms with Crippen LogP contribution in [0.15, 0.2) is 36.4 Å². The molecule has 13 heteroatoms. The van der Waals surface area contributed by atoms with E-state index in [1.807, 2.05) is 73.5 Å². The average molecular weight is 763 g/mol. The zero-order valence-corrected chi connectivity index (χ0v) is 33.2. The number of nitrogens with one attached hydrogen (secondary N) is 2. The number of hydrogen-bond donors (Lipinski definition) is 4. The standard InChI is InChI=1S/C43H54N8O5/c1-26(52)22-51-20-13-36-34(24-51)45-38(49(36)5)40(54)47-32-11-7-9-30(28(32)3)29-8-6-10-31(27(29)2)46-39(53)37-44-33-23-50(19-12-35(33)48(37)4)21-18-42-14-16-43(25-42,17-15-42)41(55)56/h6-11,26,52H,12-25H2,1-5H3,(H,46,53)(H,47,54)(H,55,56)/t26-,42?,43?/m1/s1. The number of imidazole rings is 2. The number of carbonyl (C=O) groups is 3. The Kier molecular flexibility index (Phi) is 9.91. The number of amides is 2. The van der Waals surface area contributed by atoms with E-state index in [1.54, 1.807) is 6.92 Å². The van der Waals surface area contributed by atoms with Crippen molar-refractivity contribution in [2.45, 2.75) is 91.3 Å². The van der Waals surface area contributed by atoms with Crippen molar-refractivity contribution >= 4 is 29.2 Å². The third kappa shape index (κ3) is 6.83. The Hall–Kier alpha value is -4.85. The van der Waals surface area contributed by atoms with E-state index >= 15 is 0 Å². The number of fused-ring (bicyclic) bond motifs is 4. The topological polar surface area (TPSA) is 158 Å². The molecule has 2 bridgehead atoms. The first-order chi connectivity index (χ1) is 26.8. The number of benzene rings is 2. The third-order valence-corrected chi connectivity index (χ3v) is 13.4. The Morgan fingerprint density at radius 3 is 1.77 bits per heavy atom. The lowest BCUT2D eigenvalue weighted by molar-refractivity contribution is -0.148. The lowest BCUT2D eigenvalue weighted by Gasteiger charge is -2.32. The van der Waals surface area contributed by atoms with Crippen LogP contribution in [0.2, 0.25) is 0 Å². The number of rotatable bonds is 11. The van der Waals surface area contributed by atoms with Crippen LogP contribution in [0.4, 0.5) is 11.4 Å². The molecular weight excluding hydrogens is 709 g/mol. The predicted octanol–water partition coefficient (Wildman–Crippen LogP) is 5.46. The fraction of sp³-hybridized carbons (Fsp3) is 0.512. The van der Waals surface area contributed by atoms with Crippen LogP contribution in [-0.4, -0.2) is 89.2 Å². The zero-order chi connectivity index (χ0) is 39.5. The highest BCUT2D eigenvalue weighted by Gasteiger charge is 2.57. The summed E-state index contributed by atoms with van der Waals surface area (Å²) in [4.78, 5) is 53.6. The van der Waals surface area contributed by atoms with Gasteiger partial charge >= 0.3 is 5.97 Å². The fourth-order valence-electron chi connectivity index (χ4n) is 10.1. The minimum absolute atomic E-state index is 0.150. The van der Waals surface area contributed by atoms with Gasteiger partial charge in [0, 0.05) is 82.4 Å². The van der Waals surface area contributed by atoms with Crippen molar-refractivity contribution in [1.29, 1.82) is 0 Å². The summed E-state index contributed by atoms with van der Waals surface area (Å²) in [5.41, 5.74) is 8.66. The number of hydrogen-bond acceptors (Lipinski definition) is 8. The van der Waals surface area contributed by atoms with Gasteiger partial charge in [-0.15, -0.1) is 0 Å². The normalized spacial score (nSPS) is 22.5. The Labute approximate surface area is 328 Å². The van der Waals surface area contributed by atoms with E-state index in [0.29, 0.717) is 42.7 Å². The maximum Gasteiger partial charge on any atom is 0.309 e. The summed E-state index contributed by atoms with van der Waals surface area (Å²) in [6, 6.07) is 11.7. The van der Waals surface area contributed by atoms with Crippen molar-refractivity contribution in [2.24, 2.45) is 24.9 Å². The summed E-state index contributed by atoms with van der Waals surface area (Å²) < 4.78 is 3.81. The second-order valence-electron chi connectivity index (χ2n) is 17.0. The monoisotopic (exact) mass is 762 g/mol. The SMILES string of the molecule is Cc1c(NC(=O)c2nc3c(n2C)CCN(CCC24CCC(C(=O)O)(CC2)C4)C3)cccc1-c1cccc(NC(=O)c2nc3c(n2C)CCN(C[C@@H](C)O)C3)c1C. The largest absolute Gasteiger partial charge is 0.481 e. The summed E-state index contributed by atoms with van der Waals surface area (Å²) in [5.74, 6) is -0.426. The van der Waals surface area contributed by atoms with Crippen LogP contribution in [0, 0.1) is 24.7 Å². The van der Waals surface area contributed by atoms with Gasteiger partial charge in [-0.25, -0.2) is 9.97 Å². The first-order valence-corrected chi connectivity index (χ1v) is 20.0. The molecule has 4 aromatic rings. The molecular formula is C43H54N8O5. The third-order valence-electron chi connectivity index (χ3n) is 13.4. The van der Waals surface area contributed by atoms with Crippen LogP contribution in [0.1, 0.15) is 101 Å². The fourth-order valence-corrected chi connectivity index (χ4v) is 10.1. The molecule has 2 aliphatic heterocycles. The van der Waals surface area contributed by atoms with E-state index in [4.69, 9.17) is 9.97 Å². The Bertz CT molecular complexity index is 2210. The van der Waals surface area contributed by atoms with Gasteiger partial charge < -0.3 is 30.0 Å². The summed E-state index contributed by atoms with van der Waals surface area (Å²) in [5, 5.41) is 25.9. The molecule has 4 heterocycles. The number of aliphatic carboxylic acids is 1. The van der Waals surface area contributed by atoms with Crippen LogP contribution in [0.5, 0.6) is 0 Å². The van der Waals surface area contributed by atoms with E-state index < -0.39 is 17.5 Å². The number of β-amino-alcohol motifs (C(OH)–C–C–N with tert-alkyl or cyclic N) is 1. The second-order valence-corrected chi connectivity index (χ2v) is 17.0. The number of aliphatic hydroxyl groups excluding tert-OH is 1. The summed E-state index contributed by atoms with van der Waals surface area (Å²) >= 11 is 0. The van der Waals surface area contributed by atoms with Gasteiger partial charge in [0.1, 0.15) is 0 Å². The van der Waals surface area contributed by atoms with Gasteiger partial charge in [-0.05, 0) is 106 Å². The molecule has 2 amide bonds. The highest BCUT2D eigenvalue weighted by atomic mass is 16.4. The van der Waals surface area contributed by atoms with E-state index in [-0.39, 0.29) is 17.2 Å². The highest BCUT2D eigenvalue weighted by Crippen LogP contribution is 2.63.